The molecule has 0 aliphatic carbocycles. The molecule has 0 aromatic heterocycles. The number of phosphoric ester groups is 1. The van der Waals surface area contributed by atoms with E-state index in [4.69, 9.17) is 13.8 Å². The van der Waals surface area contributed by atoms with Gasteiger partial charge < -0.3 is 19.4 Å². The van der Waals surface area contributed by atoms with Crippen molar-refractivity contribution in [2.45, 2.75) is 270 Å². The average molecular weight is 952 g/mol. The third-order valence-electron chi connectivity index (χ3n) is 12.3. The number of ether oxygens (including phenoxy) is 1. The molecule has 0 saturated carbocycles. The van der Waals surface area contributed by atoms with Crippen LogP contribution in [0.3, 0.4) is 0 Å². The van der Waals surface area contributed by atoms with Crippen LogP contribution in [-0.4, -0.2) is 74.3 Å². The maximum atomic E-state index is 13.5. The second-order valence-corrected chi connectivity index (χ2v) is 21.6. The Balaban J connectivity index is 5.35. The smallest absolute Gasteiger partial charge is 0.456 e. The number of nitrogens with zero attached hydrogens (tertiary/aromatic N) is 1. The maximum Gasteiger partial charge on any atom is 0.472 e. The number of unbranched alkanes of at least 4 members (excludes halogenated alkanes) is 30. The number of amides is 1. The Morgan fingerprint density at radius 1 is 0.530 bits per heavy atom. The molecule has 3 atom stereocenters. The summed E-state index contributed by atoms with van der Waals surface area (Å²) in [6, 6.07) is -0.846. The molecule has 66 heavy (non-hydrogen) atoms. The molecule has 0 aliphatic heterocycles. The van der Waals surface area contributed by atoms with Crippen LogP contribution in [0, 0.1) is 0 Å². The highest BCUT2D eigenvalue weighted by Crippen LogP contribution is 2.43. The molecule has 0 radical (unpaired) electrons. The lowest BCUT2D eigenvalue weighted by Gasteiger charge is -2.27. The number of hydrogen-bond acceptors (Lipinski definition) is 6. The maximum absolute atomic E-state index is 13.5. The topological polar surface area (TPSA) is 111 Å². The lowest BCUT2D eigenvalue weighted by Crippen LogP contribution is -2.47. The molecule has 388 valence electrons. The van der Waals surface area contributed by atoms with E-state index in [2.05, 4.69) is 50.4 Å². The second kappa shape index (κ2) is 46.9. The van der Waals surface area contributed by atoms with E-state index >= 15 is 0 Å². The number of allylic oxidation sites excluding steroid dienone is 5. The van der Waals surface area contributed by atoms with Crippen LogP contribution in [0.4, 0.5) is 0 Å². The van der Waals surface area contributed by atoms with Gasteiger partial charge in [-0.2, -0.15) is 0 Å². The molecule has 0 bridgehead atoms. The number of hydrogen-bond donors (Lipinski definition) is 2. The predicted octanol–water partition coefficient (Wildman–Crippen LogP) is 16.4. The molecule has 0 heterocycles. The summed E-state index contributed by atoms with van der Waals surface area (Å²) >= 11 is 0. The van der Waals surface area contributed by atoms with Crippen molar-refractivity contribution in [2.75, 3.05) is 40.9 Å². The summed E-state index contributed by atoms with van der Waals surface area (Å²) in [6.07, 6.45) is 54.1. The van der Waals surface area contributed by atoms with Crippen LogP contribution in [0.2, 0.25) is 0 Å². The van der Waals surface area contributed by atoms with Crippen molar-refractivity contribution in [2.24, 2.45) is 0 Å². The van der Waals surface area contributed by atoms with Gasteiger partial charge in [-0.1, -0.05) is 218 Å². The molecule has 0 rings (SSSR count). The van der Waals surface area contributed by atoms with E-state index in [9.17, 15) is 19.0 Å². The molecule has 0 aromatic rings. The molecule has 0 aliphatic rings. The van der Waals surface area contributed by atoms with Crippen LogP contribution in [0.15, 0.2) is 36.5 Å². The monoisotopic (exact) mass is 952 g/mol. The van der Waals surface area contributed by atoms with E-state index < -0.39 is 20.0 Å². The first-order valence-electron chi connectivity index (χ1n) is 27.8. The quantitative estimate of drug-likeness (QED) is 0.0205. The van der Waals surface area contributed by atoms with Crippen molar-refractivity contribution in [3.05, 3.63) is 36.5 Å². The number of carbonyl (C=O) groups excluding carboxylic acids is 2. The summed E-state index contributed by atoms with van der Waals surface area (Å²) in [5, 5.41) is 3.04. The Kier molecular flexibility index (Phi) is 45.7. The standard InChI is InChI=1S/C56H107N2O7P/c1-7-10-13-16-19-22-25-27-28-29-30-31-34-36-39-42-45-48-55(59)57-53(52-64-66(61,62)63-51-50-58(4,5)6)54(47-44-41-38-35-33-26-23-20-17-14-11-8-2)65-56(60)49-46-43-40-37-32-24-21-18-15-12-9-3/h19,22,27-28,44,47,53-54H,7-18,20-21,23-26,29-43,45-46,48-52H2,1-6H3,(H-,57,59,61,62)/p+1/b22-19-,28-27-,47-44-. The number of nitrogens with one attached hydrogen (secondary N) is 1. The average Bonchev–Trinajstić information content (AvgIpc) is 3.27. The first-order valence-corrected chi connectivity index (χ1v) is 29.3. The molecular weight excluding hydrogens is 844 g/mol. The van der Waals surface area contributed by atoms with Crippen molar-refractivity contribution in [1.82, 2.24) is 5.32 Å². The molecule has 9 nitrogen and oxygen atoms in total. The Labute approximate surface area is 408 Å². The van der Waals surface area contributed by atoms with E-state index in [-0.39, 0.29) is 25.1 Å². The van der Waals surface area contributed by atoms with Gasteiger partial charge in [-0.3, -0.25) is 18.6 Å². The van der Waals surface area contributed by atoms with Gasteiger partial charge >= 0.3 is 13.8 Å². The largest absolute Gasteiger partial charge is 0.472 e. The van der Waals surface area contributed by atoms with Gasteiger partial charge in [0, 0.05) is 12.8 Å². The lowest BCUT2D eigenvalue weighted by molar-refractivity contribution is -0.870. The van der Waals surface area contributed by atoms with E-state index in [1.165, 1.54) is 148 Å². The molecule has 0 spiro atoms. The highest BCUT2D eigenvalue weighted by atomic mass is 31.2. The van der Waals surface area contributed by atoms with Crippen LogP contribution in [0.25, 0.3) is 0 Å². The van der Waals surface area contributed by atoms with Crippen molar-refractivity contribution < 1.29 is 37.3 Å². The van der Waals surface area contributed by atoms with Crippen LogP contribution in [0.5, 0.6) is 0 Å². The summed E-state index contributed by atoms with van der Waals surface area (Å²) < 4.78 is 30.5. The summed E-state index contributed by atoms with van der Waals surface area (Å²) in [6.45, 7) is 6.98. The highest BCUT2D eigenvalue weighted by molar-refractivity contribution is 7.47. The Bertz CT molecular complexity index is 1230. The number of quaternary nitrogens is 1. The van der Waals surface area contributed by atoms with Gasteiger partial charge in [0.05, 0.1) is 33.8 Å². The summed E-state index contributed by atoms with van der Waals surface area (Å²) in [5.41, 5.74) is 0. The summed E-state index contributed by atoms with van der Waals surface area (Å²) in [4.78, 5) is 37.5. The number of phosphoric acid groups is 1. The Morgan fingerprint density at radius 3 is 1.39 bits per heavy atom. The van der Waals surface area contributed by atoms with Gasteiger partial charge in [0.15, 0.2) is 0 Å². The molecular formula is C56H108N2O7P+. The zero-order valence-electron chi connectivity index (χ0n) is 44.2. The lowest BCUT2D eigenvalue weighted by atomic mass is 10.0. The zero-order valence-corrected chi connectivity index (χ0v) is 45.1. The normalized spacial score (nSPS) is 14.1. The molecule has 0 saturated heterocycles. The van der Waals surface area contributed by atoms with Gasteiger partial charge in [0.1, 0.15) is 19.3 Å². The summed E-state index contributed by atoms with van der Waals surface area (Å²) in [5.74, 6) is -0.508. The van der Waals surface area contributed by atoms with Crippen molar-refractivity contribution in [1.29, 1.82) is 0 Å². The first-order chi connectivity index (χ1) is 31.9. The van der Waals surface area contributed by atoms with E-state index in [1.807, 2.05) is 33.3 Å². The highest BCUT2D eigenvalue weighted by Gasteiger charge is 2.30. The van der Waals surface area contributed by atoms with Crippen molar-refractivity contribution >= 4 is 19.7 Å². The number of rotatable bonds is 50. The van der Waals surface area contributed by atoms with Crippen LogP contribution in [0.1, 0.15) is 258 Å². The molecule has 0 fully saturated rings. The fraction of sp³-hybridized carbons (Fsp3) is 0.857. The second-order valence-electron chi connectivity index (χ2n) is 20.1. The van der Waals surface area contributed by atoms with Gasteiger partial charge in [-0.25, -0.2) is 4.57 Å². The minimum atomic E-state index is -4.44. The van der Waals surface area contributed by atoms with Crippen LogP contribution >= 0.6 is 7.82 Å². The van der Waals surface area contributed by atoms with Crippen LogP contribution < -0.4 is 5.32 Å². The third-order valence-corrected chi connectivity index (χ3v) is 13.3. The SMILES string of the molecule is CCCCC/C=C\C/C=C\CCCCCCCCCC(=O)NC(COP(=O)(O)OCC[N+](C)(C)C)C(/C=C\CCCCCCCCCCCC)OC(=O)CCCCCCCCCCCCC. The first kappa shape index (κ1) is 64.2. The fourth-order valence-electron chi connectivity index (χ4n) is 7.97. The molecule has 10 heteroatoms. The van der Waals surface area contributed by atoms with Crippen molar-refractivity contribution in [3.8, 4) is 0 Å². The van der Waals surface area contributed by atoms with Gasteiger partial charge in [-0.15, -0.1) is 0 Å². The summed E-state index contributed by atoms with van der Waals surface area (Å²) in [7, 11) is 1.50. The van der Waals surface area contributed by atoms with Crippen molar-refractivity contribution in [3.63, 3.8) is 0 Å². The Hall–Kier alpha value is -1.77. The van der Waals surface area contributed by atoms with Gasteiger partial charge in [0.2, 0.25) is 5.91 Å². The Morgan fingerprint density at radius 2 is 0.924 bits per heavy atom. The van der Waals surface area contributed by atoms with E-state index in [0.717, 1.165) is 77.0 Å². The van der Waals surface area contributed by atoms with E-state index in [1.54, 1.807) is 0 Å². The third kappa shape index (κ3) is 47.3. The number of likely N-dealkylation sites (N-methyl/N-ethyl adjacent to an activating group) is 1. The van der Waals surface area contributed by atoms with Crippen LogP contribution in [-0.2, 0) is 27.9 Å². The molecule has 1 amide bonds. The molecule has 2 N–H and O–H groups in total. The molecule has 0 aromatic carbocycles. The zero-order chi connectivity index (χ0) is 48.7. The minimum absolute atomic E-state index is 0.0403. The predicted molar refractivity (Wildman–Crippen MR) is 282 cm³/mol. The number of carbonyl (C=O) groups is 2. The number of esters is 1. The van der Waals surface area contributed by atoms with E-state index in [0.29, 0.717) is 23.9 Å². The fourth-order valence-corrected chi connectivity index (χ4v) is 8.71. The van der Waals surface area contributed by atoms with Gasteiger partial charge in [0.25, 0.3) is 0 Å². The minimum Gasteiger partial charge on any atom is -0.456 e. The van der Waals surface area contributed by atoms with Gasteiger partial charge in [-0.05, 0) is 63.9 Å². The molecule has 3 unspecified atom stereocenters.